The maximum Gasteiger partial charge on any atom is 0.270 e. The number of ether oxygens (including phenoxy) is 1. The summed E-state index contributed by atoms with van der Waals surface area (Å²) in [6, 6.07) is 12.8. The van der Waals surface area contributed by atoms with E-state index in [4.69, 9.17) is 10.5 Å². The first kappa shape index (κ1) is 15.5. The molecule has 3 rings (SSSR count). The second kappa shape index (κ2) is 6.38. The number of rotatable bonds is 6. The molecule has 1 atom stereocenters. The summed E-state index contributed by atoms with van der Waals surface area (Å²) in [5.74, 6) is 1.54. The molecule has 0 bridgehead atoms. The van der Waals surface area contributed by atoms with Gasteiger partial charge in [-0.2, -0.15) is 0 Å². The van der Waals surface area contributed by atoms with Crippen molar-refractivity contribution in [2.24, 2.45) is 11.7 Å². The summed E-state index contributed by atoms with van der Waals surface area (Å²) in [5, 5.41) is 3.03. The summed E-state index contributed by atoms with van der Waals surface area (Å²) >= 11 is 0. The molecule has 1 aliphatic rings. The number of nitrogens with two attached hydrogens (primary N) is 1. The van der Waals surface area contributed by atoms with Gasteiger partial charge in [0.2, 0.25) is 0 Å². The van der Waals surface area contributed by atoms with Gasteiger partial charge < -0.3 is 15.8 Å². The zero-order valence-electron chi connectivity index (χ0n) is 13.2. The van der Waals surface area contributed by atoms with Crippen molar-refractivity contribution in [2.75, 3.05) is 6.54 Å². The third-order valence-electron chi connectivity index (χ3n) is 4.24. The number of hydrogen-bond acceptors (Lipinski definition) is 4. The molecule has 0 saturated heterocycles. The molecule has 1 saturated carbocycles. The molecule has 1 aliphatic carbocycles. The molecule has 1 fully saturated rings. The Morgan fingerprint density at radius 2 is 2.04 bits per heavy atom. The molecule has 2 aromatic rings. The molecule has 23 heavy (non-hydrogen) atoms. The Morgan fingerprint density at radius 3 is 2.70 bits per heavy atom. The van der Waals surface area contributed by atoms with E-state index < -0.39 is 0 Å². The highest BCUT2D eigenvalue weighted by Crippen LogP contribution is 2.39. The van der Waals surface area contributed by atoms with E-state index in [1.165, 1.54) is 0 Å². The van der Waals surface area contributed by atoms with Crippen molar-refractivity contribution in [1.29, 1.82) is 0 Å². The first-order valence-electron chi connectivity index (χ1n) is 7.82. The van der Waals surface area contributed by atoms with Gasteiger partial charge >= 0.3 is 0 Å². The van der Waals surface area contributed by atoms with Crippen molar-refractivity contribution in [1.82, 2.24) is 10.3 Å². The number of aromatic nitrogens is 1. The van der Waals surface area contributed by atoms with Gasteiger partial charge in [-0.05, 0) is 43.9 Å². The Balaban J connectivity index is 1.72. The molecule has 3 N–H and O–H groups in total. The minimum atomic E-state index is -0.366. The van der Waals surface area contributed by atoms with Crippen molar-refractivity contribution in [3.8, 4) is 11.5 Å². The summed E-state index contributed by atoms with van der Waals surface area (Å²) in [6.07, 6.45) is 3.79. The van der Waals surface area contributed by atoms with Crippen molar-refractivity contribution < 1.29 is 9.53 Å². The number of pyridine rings is 1. The molecule has 1 aromatic carbocycles. The number of para-hydroxylation sites is 1. The third-order valence-corrected chi connectivity index (χ3v) is 4.24. The first-order chi connectivity index (χ1) is 11.1. The Bertz CT molecular complexity index is 686. The maximum absolute atomic E-state index is 12.5. The van der Waals surface area contributed by atoms with E-state index in [1.54, 1.807) is 18.3 Å². The largest absolute Gasteiger partial charge is 0.457 e. The topological polar surface area (TPSA) is 77.2 Å². The minimum absolute atomic E-state index is 0.219. The van der Waals surface area contributed by atoms with Gasteiger partial charge in [0.05, 0.1) is 5.54 Å². The Hall–Kier alpha value is -2.40. The van der Waals surface area contributed by atoms with Crippen LogP contribution in [-0.2, 0) is 0 Å². The number of nitrogens with one attached hydrogen (secondary N) is 1. The van der Waals surface area contributed by atoms with Crippen LogP contribution in [0, 0.1) is 5.92 Å². The standard InChI is InChI=1S/C18H21N3O2/c1-18(12-19,13-7-8-13)21-17(22)16-11-15(9-10-20-16)23-14-5-3-2-4-6-14/h2-6,9-11,13H,7-8,12,19H2,1H3,(H,21,22). The van der Waals surface area contributed by atoms with Crippen molar-refractivity contribution in [3.05, 3.63) is 54.4 Å². The van der Waals surface area contributed by atoms with Crippen LogP contribution in [0.5, 0.6) is 11.5 Å². The Labute approximate surface area is 135 Å². The number of hydrogen-bond donors (Lipinski definition) is 2. The molecule has 0 radical (unpaired) electrons. The highest BCUT2D eigenvalue weighted by atomic mass is 16.5. The molecule has 1 aromatic heterocycles. The number of benzene rings is 1. The van der Waals surface area contributed by atoms with Crippen LogP contribution in [0.3, 0.4) is 0 Å². The minimum Gasteiger partial charge on any atom is -0.457 e. The molecule has 1 amide bonds. The summed E-state index contributed by atoms with van der Waals surface area (Å²) < 4.78 is 5.74. The van der Waals surface area contributed by atoms with Crippen LogP contribution >= 0.6 is 0 Å². The fraction of sp³-hybridized carbons (Fsp3) is 0.333. The average Bonchev–Trinajstić information content (AvgIpc) is 3.41. The van der Waals surface area contributed by atoms with Crippen LogP contribution in [0.25, 0.3) is 0 Å². The van der Waals surface area contributed by atoms with E-state index in [2.05, 4.69) is 10.3 Å². The van der Waals surface area contributed by atoms with Crippen LogP contribution in [-0.4, -0.2) is 23.0 Å². The van der Waals surface area contributed by atoms with Crippen molar-refractivity contribution in [3.63, 3.8) is 0 Å². The molecule has 1 unspecified atom stereocenters. The maximum atomic E-state index is 12.5. The van der Waals surface area contributed by atoms with E-state index in [-0.39, 0.29) is 11.4 Å². The highest BCUT2D eigenvalue weighted by Gasteiger charge is 2.41. The second-order valence-corrected chi connectivity index (χ2v) is 6.14. The first-order valence-corrected chi connectivity index (χ1v) is 7.82. The van der Waals surface area contributed by atoms with Gasteiger partial charge in [-0.25, -0.2) is 0 Å². The molecular weight excluding hydrogens is 290 g/mol. The monoisotopic (exact) mass is 311 g/mol. The van der Waals surface area contributed by atoms with Gasteiger partial charge in [0, 0.05) is 18.8 Å². The fourth-order valence-corrected chi connectivity index (χ4v) is 2.59. The lowest BCUT2D eigenvalue weighted by atomic mass is 9.96. The summed E-state index contributed by atoms with van der Waals surface area (Å²) in [5.41, 5.74) is 5.81. The average molecular weight is 311 g/mol. The molecule has 120 valence electrons. The normalized spacial score (nSPS) is 16.4. The number of nitrogens with zero attached hydrogens (tertiary/aromatic N) is 1. The second-order valence-electron chi connectivity index (χ2n) is 6.14. The smallest absolute Gasteiger partial charge is 0.270 e. The number of carbonyl (C=O) groups excluding carboxylic acids is 1. The van der Waals surface area contributed by atoms with E-state index in [1.807, 2.05) is 37.3 Å². The third kappa shape index (κ3) is 3.68. The Morgan fingerprint density at radius 1 is 1.30 bits per heavy atom. The van der Waals surface area contributed by atoms with Gasteiger partial charge in [0.25, 0.3) is 5.91 Å². The van der Waals surface area contributed by atoms with Gasteiger partial charge in [-0.15, -0.1) is 0 Å². The van der Waals surface area contributed by atoms with Crippen LogP contribution in [0.4, 0.5) is 0 Å². The van der Waals surface area contributed by atoms with Gasteiger partial charge in [0.1, 0.15) is 17.2 Å². The molecule has 1 heterocycles. The lowest BCUT2D eigenvalue weighted by molar-refractivity contribution is 0.0892. The molecule has 5 nitrogen and oxygen atoms in total. The molecular formula is C18H21N3O2. The SMILES string of the molecule is CC(CN)(NC(=O)c1cc(Oc2ccccc2)ccn1)C1CC1. The highest BCUT2D eigenvalue weighted by molar-refractivity contribution is 5.93. The van der Waals surface area contributed by atoms with Crippen molar-refractivity contribution in [2.45, 2.75) is 25.3 Å². The fourth-order valence-electron chi connectivity index (χ4n) is 2.59. The van der Waals surface area contributed by atoms with Gasteiger partial charge in [-0.3, -0.25) is 9.78 Å². The zero-order valence-corrected chi connectivity index (χ0v) is 13.2. The predicted octanol–water partition coefficient (Wildman–Crippen LogP) is 2.73. The Kier molecular flexibility index (Phi) is 4.30. The van der Waals surface area contributed by atoms with Gasteiger partial charge in [-0.1, -0.05) is 18.2 Å². The van der Waals surface area contributed by atoms with Gasteiger partial charge in [0.15, 0.2) is 0 Å². The van der Waals surface area contributed by atoms with Crippen LogP contribution in [0.15, 0.2) is 48.7 Å². The lowest BCUT2D eigenvalue weighted by Crippen LogP contribution is -2.53. The molecule has 5 heteroatoms. The number of carbonyl (C=O) groups is 1. The zero-order chi connectivity index (χ0) is 16.3. The van der Waals surface area contributed by atoms with Crippen molar-refractivity contribution >= 4 is 5.91 Å². The van der Waals surface area contributed by atoms with E-state index in [0.717, 1.165) is 18.6 Å². The summed E-state index contributed by atoms with van der Waals surface area (Å²) in [6.45, 7) is 2.41. The van der Waals surface area contributed by atoms with Crippen LogP contribution in [0.2, 0.25) is 0 Å². The molecule has 0 spiro atoms. The van der Waals surface area contributed by atoms with E-state index in [9.17, 15) is 4.79 Å². The predicted molar refractivity (Wildman–Crippen MR) is 88.4 cm³/mol. The number of amides is 1. The quantitative estimate of drug-likeness (QED) is 0.860. The summed E-state index contributed by atoms with van der Waals surface area (Å²) in [4.78, 5) is 16.6. The lowest BCUT2D eigenvalue weighted by Gasteiger charge is -2.29. The van der Waals surface area contributed by atoms with E-state index >= 15 is 0 Å². The van der Waals surface area contributed by atoms with Crippen LogP contribution < -0.4 is 15.8 Å². The van der Waals surface area contributed by atoms with Crippen LogP contribution in [0.1, 0.15) is 30.3 Å². The summed E-state index contributed by atoms with van der Waals surface area (Å²) in [7, 11) is 0. The molecule has 0 aliphatic heterocycles. The van der Waals surface area contributed by atoms with E-state index in [0.29, 0.717) is 23.9 Å².